The lowest BCUT2D eigenvalue weighted by molar-refractivity contribution is -0.116. The molecule has 1 atom stereocenters. The van der Waals surface area contributed by atoms with Gasteiger partial charge in [-0.3, -0.25) is 4.79 Å². The Balaban J connectivity index is 1.72. The Hall–Kier alpha value is -3.43. The molecule has 2 aromatic carbocycles. The second kappa shape index (κ2) is 8.97. The van der Waals surface area contributed by atoms with Crippen LogP contribution in [-0.4, -0.2) is 24.8 Å². The fourth-order valence-corrected chi connectivity index (χ4v) is 4.54. The molecule has 0 amide bonds. The molecule has 164 valence electrons. The number of allylic oxidation sites excluding steroid dienone is 3. The molecule has 0 unspecified atom stereocenters. The van der Waals surface area contributed by atoms with Crippen molar-refractivity contribution in [2.75, 3.05) is 14.2 Å². The SMILES string of the molecule is COc1cc([C@H]2C(C#N)=C(N)N(C)C3=C2C(=O)CCC3)ccc1OCc1ccccc1Cl. The fraction of sp³-hybridized carbons (Fsp3) is 0.280. The topological polar surface area (TPSA) is 88.6 Å². The van der Waals surface area contributed by atoms with Crippen molar-refractivity contribution in [3.8, 4) is 17.6 Å². The molecule has 2 aromatic rings. The maximum atomic E-state index is 12.9. The lowest BCUT2D eigenvalue weighted by Gasteiger charge is -2.37. The third-order valence-electron chi connectivity index (χ3n) is 6.03. The Labute approximate surface area is 192 Å². The summed E-state index contributed by atoms with van der Waals surface area (Å²) in [4.78, 5) is 14.7. The zero-order valence-electron chi connectivity index (χ0n) is 18.0. The number of nitriles is 1. The first-order chi connectivity index (χ1) is 15.5. The summed E-state index contributed by atoms with van der Waals surface area (Å²) in [5.41, 5.74) is 9.84. The number of rotatable bonds is 5. The molecule has 0 bridgehead atoms. The van der Waals surface area contributed by atoms with Gasteiger partial charge in [0.25, 0.3) is 0 Å². The van der Waals surface area contributed by atoms with Crippen molar-refractivity contribution in [1.29, 1.82) is 5.26 Å². The molecule has 1 heterocycles. The Morgan fingerprint density at radius 1 is 1.22 bits per heavy atom. The van der Waals surface area contributed by atoms with Crippen LogP contribution in [0.3, 0.4) is 0 Å². The minimum atomic E-state index is -0.523. The zero-order valence-corrected chi connectivity index (χ0v) is 18.8. The van der Waals surface area contributed by atoms with Crippen LogP contribution in [0.1, 0.15) is 36.3 Å². The summed E-state index contributed by atoms with van der Waals surface area (Å²) in [5, 5.41) is 10.5. The van der Waals surface area contributed by atoms with Crippen LogP contribution in [0.2, 0.25) is 5.02 Å². The smallest absolute Gasteiger partial charge is 0.161 e. The van der Waals surface area contributed by atoms with E-state index < -0.39 is 5.92 Å². The van der Waals surface area contributed by atoms with E-state index in [2.05, 4.69) is 6.07 Å². The number of ketones is 1. The van der Waals surface area contributed by atoms with Crippen LogP contribution < -0.4 is 15.2 Å². The summed E-state index contributed by atoms with van der Waals surface area (Å²) >= 11 is 6.23. The van der Waals surface area contributed by atoms with Gasteiger partial charge in [0.05, 0.1) is 24.7 Å². The molecular formula is C25H24ClN3O3. The number of nitrogens with zero attached hydrogens (tertiary/aromatic N) is 2. The molecule has 0 spiro atoms. The highest BCUT2D eigenvalue weighted by Gasteiger charge is 2.38. The number of hydrogen-bond acceptors (Lipinski definition) is 6. The zero-order chi connectivity index (χ0) is 22.8. The lowest BCUT2D eigenvalue weighted by Crippen LogP contribution is -2.36. The second-order valence-electron chi connectivity index (χ2n) is 7.83. The van der Waals surface area contributed by atoms with Crippen molar-refractivity contribution in [3.63, 3.8) is 0 Å². The molecule has 6 nitrogen and oxygen atoms in total. The molecule has 0 fully saturated rings. The van der Waals surface area contributed by atoms with Crippen LogP contribution in [-0.2, 0) is 11.4 Å². The van der Waals surface area contributed by atoms with Gasteiger partial charge in [-0.25, -0.2) is 0 Å². The van der Waals surface area contributed by atoms with E-state index in [4.69, 9.17) is 26.8 Å². The van der Waals surface area contributed by atoms with Gasteiger partial charge in [0.1, 0.15) is 12.4 Å². The summed E-state index contributed by atoms with van der Waals surface area (Å²) in [7, 11) is 3.37. The highest BCUT2D eigenvalue weighted by Crippen LogP contribution is 2.45. The number of halogens is 1. The Morgan fingerprint density at radius 2 is 2.00 bits per heavy atom. The first kappa shape index (κ1) is 21.8. The quantitative estimate of drug-likeness (QED) is 0.714. The van der Waals surface area contributed by atoms with E-state index in [-0.39, 0.29) is 12.4 Å². The van der Waals surface area contributed by atoms with E-state index in [1.807, 2.05) is 43.4 Å². The van der Waals surface area contributed by atoms with Gasteiger partial charge in [-0.15, -0.1) is 0 Å². The first-order valence-corrected chi connectivity index (χ1v) is 10.8. The molecule has 0 aromatic heterocycles. The summed E-state index contributed by atoms with van der Waals surface area (Å²) in [6.07, 6.45) is 2.00. The minimum absolute atomic E-state index is 0.0568. The van der Waals surface area contributed by atoms with Crippen molar-refractivity contribution >= 4 is 17.4 Å². The van der Waals surface area contributed by atoms with Crippen LogP contribution in [0, 0.1) is 11.3 Å². The molecule has 7 heteroatoms. The number of nitrogens with two attached hydrogens (primary N) is 1. The molecule has 0 radical (unpaired) electrons. The third kappa shape index (κ3) is 3.80. The Morgan fingerprint density at radius 3 is 2.72 bits per heavy atom. The summed E-state index contributed by atoms with van der Waals surface area (Å²) < 4.78 is 11.5. The molecule has 32 heavy (non-hydrogen) atoms. The van der Waals surface area contributed by atoms with Gasteiger partial charge in [-0.05, 0) is 36.6 Å². The van der Waals surface area contributed by atoms with Gasteiger partial charge in [0.15, 0.2) is 17.3 Å². The number of Topliss-reactive ketones (excluding diaryl/α,β-unsaturated/α-hetero) is 1. The predicted octanol–water partition coefficient (Wildman–Crippen LogP) is 4.66. The number of hydrogen-bond donors (Lipinski definition) is 1. The van der Waals surface area contributed by atoms with Crippen molar-refractivity contribution in [3.05, 3.63) is 81.3 Å². The van der Waals surface area contributed by atoms with Gasteiger partial charge in [0.2, 0.25) is 0 Å². The van der Waals surface area contributed by atoms with Crippen molar-refractivity contribution in [2.45, 2.75) is 31.8 Å². The third-order valence-corrected chi connectivity index (χ3v) is 6.40. The van der Waals surface area contributed by atoms with Gasteiger partial charge < -0.3 is 20.1 Å². The van der Waals surface area contributed by atoms with Gasteiger partial charge in [-0.1, -0.05) is 35.9 Å². The number of methoxy groups -OCH3 is 1. The summed E-state index contributed by atoms with van der Waals surface area (Å²) in [6, 6.07) is 15.2. The normalized spacial score (nSPS) is 18.4. The average molecular weight is 450 g/mol. The molecular weight excluding hydrogens is 426 g/mol. The average Bonchev–Trinajstić information content (AvgIpc) is 2.81. The predicted molar refractivity (Wildman–Crippen MR) is 122 cm³/mol. The Bertz CT molecular complexity index is 1180. The van der Waals surface area contributed by atoms with Crippen LogP contribution >= 0.6 is 11.6 Å². The van der Waals surface area contributed by atoms with E-state index >= 15 is 0 Å². The van der Waals surface area contributed by atoms with Gasteiger partial charge in [0, 0.05) is 35.3 Å². The first-order valence-electron chi connectivity index (χ1n) is 10.4. The highest BCUT2D eigenvalue weighted by atomic mass is 35.5. The number of ether oxygens (including phenoxy) is 2. The van der Waals surface area contributed by atoms with Crippen LogP contribution in [0.4, 0.5) is 0 Å². The van der Waals surface area contributed by atoms with Crippen molar-refractivity contribution in [1.82, 2.24) is 4.90 Å². The lowest BCUT2D eigenvalue weighted by atomic mass is 9.76. The minimum Gasteiger partial charge on any atom is -0.493 e. The molecule has 2 aliphatic rings. The van der Waals surface area contributed by atoms with E-state index in [9.17, 15) is 10.1 Å². The van der Waals surface area contributed by atoms with Gasteiger partial charge >= 0.3 is 0 Å². The van der Waals surface area contributed by atoms with E-state index in [1.54, 1.807) is 18.1 Å². The van der Waals surface area contributed by atoms with E-state index in [0.29, 0.717) is 39.9 Å². The Kier molecular flexibility index (Phi) is 6.11. The molecule has 2 N–H and O–H groups in total. The van der Waals surface area contributed by atoms with Crippen molar-refractivity contribution in [2.24, 2.45) is 5.73 Å². The fourth-order valence-electron chi connectivity index (χ4n) is 4.35. The molecule has 4 rings (SSSR count). The number of carbonyl (C=O) groups is 1. The van der Waals surface area contributed by atoms with Crippen molar-refractivity contribution < 1.29 is 14.3 Å². The molecule has 0 saturated heterocycles. The van der Waals surface area contributed by atoms with E-state index in [1.165, 1.54) is 0 Å². The summed E-state index contributed by atoms with van der Waals surface area (Å²) in [6.45, 7) is 0.285. The van der Waals surface area contributed by atoms with Crippen LogP contribution in [0.15, 0.2) is 65.1 Å². The number of benzene rings is 2. The largest absolute Gasteiger partial charge is 0.493 e. The van der Waals surface area contributed by atoms with Crippen LogP contribution in [0.25, 0.3) is 0 Å². The number of carbonyl (C=O) groups excluding carboxylic acids is 1. The monoisotopic (exact) mass is 449 g/mol. The molecule has 0 saturated carbocycles. The van der Waals surface area contributed by atoms with Crippen LogP contribution in [0.5, 0.6) is 11.5 Å². The van der Waals surface area contributed by atoms with E-state index in [0.717, 1.165) is 29.7 Å². The molecule has 1 aliphatic carbocycles. The maximum Gasteiger partial charge on any atom is 0.161 e. The second-order valence-corrected chi connectivity index (χ2v) is 8.24. The molecule has 1 aliphatic heterocycles. The van der Waals surface area contributed by atoms with Gasteiger partial charge in [-0.2, -0.15) is 5.26 Å². The standard InChI is InChI=1S/C25H24ClN3O3/c1-29-19-8-5-9-20(30)24(19)23(17(13-27)25(29)28)15-10-11-21(22(12-15)31-2)32-14-16-6-3-4-7-18(16)26/h3-4,6-7,10-12,23H,5,8-9,14,28H2,1-2H3/t23-/m0/s1. The highest BCUT2D eigenvalue weighted by molar-refractivity contribution is 6.31. The maximum absolute atomic E-state index is 12.9. The summed E-state index contributed by atoms with van der Waals surface area (Å²) in [5.74, 6) is 0.967.